The van der Waals surface area contributed by atoms with Crippen LogP contribution >= 0.6 is 24.0 Å². The molecule has 0 radical (unpaired) electrons. The molecule has 1 aromatic carbocycles. The van der Waals surface area contributed by atoms with Gasteiger partial charge in [-0.2, -0.15) is 0 Å². The van der Waals surface area contributed by atoms with Crippen molar-refractivity contribution in [1.29, 1.82) is 0 Å². The zero-order valence-electron chi connectivity index (χ0n) is 17.3. The highest BCUT2D eigenvalue weighted by Gasteiger charge is 2.25. The number of likely N-dealkylation sites (tertiary alicyclic amines) is 1. The number of aliphatic imine (C=N–C) groups is 1. The van der Waals surface area contributed by atoms with E-state index in [0.29, 0.717) is 18.9 Å². The van der Waals surface area contributed by atoms with Crippen LogP contribution < -0.4 is 10.6 Å². The lowest BCUT2D eigenvalue weighted by Crippen LogP contribution is -2.45. The van der Waals surface area contributed by atoms with Gasteiger partial charge in [0, 0.05) is 51.1 Å². The van der Waals surface area contributed by atoms with E-state index in [-0.39, 0.29) is 35.9 Å². The van der Waals surface area contributed by atoms with E-state index < -0.39 is 0 Å². The first kappa shape index (κ1) is 23.2. The number of oxazole rings is 1. The number of hydrogen-bond donors (Lipinski definition) is 2. The highest BCUT2D eigenvalue weighted by molar-refractivity contribution is 14.0. The number of aryl methyl sites for hydroxylation is 1. The molecule has 1 atom stereocenters. The normalized spacial score (nSPS) is 16.4. The minimum Gasteiger partial charge on any atom is -0.444 e. The second kappa shape index (κ2) is 11.2. The molecule has 3 rings (SSSR count). The maximum Gasteiger partial charge on any atom is 0.226 e. The first-order valence-corrected chi connectivity index (χ1v) is 9.85. The van der Waals surface area contributed by atoms with Crippen LogP contribution in [0.4, 0.5) is 0 Å². The summed E-state index contributed by atoms with van der Waals surface area (Å²) in [5, 5.41) is 6.71. The Morgan fingerprint density at radius 1 is 1.34 bits per heavy atom. The molecule has 158 valence electrons. The lowest BCUT2D eigenvalue weighted by molar-refractivity contribution is -0.129. The molecule has 1 aliphatic rings. The highest BCUT2D eigenvalue weighted by atomic mass is 127. The molecule has 1 aromatic heterocycles. The number of aromatic nitrogens is 1. The quantitative estimate of drug-likeness (QED) is 0.354. The number of halogens is 1. The van der Waals surface area contributed by atoms with Crippen LogP contribution in [0.5, 0.6) is 0 Å². The van der Waals surface area contributed by atoms with Gasteiger partial charge in [0.05, 0.1) is 5.69 Å². The number of amides is 1. The second-order valence-electron chi connectivity index (χ2n) is 7.08. The molecule has 0 bridgehead atoms. The average molecular weight is 511 g/mol. The van der Waals surface area contributed by atoms with E-state index in [4.69, 9.17) is 4.42 Å². The Morgan fingerprint density at radius 3 is 2.79 bits per heavy atom. The Morgan fingerprint density at radius 2 is 2.10 bits per heavy atom. The fraction of sp³-hybridized carbons (Fsp3) is 0.476. The fourth-order valence-corrected chi connectivity index (χ4v) is 3.28. The summed E-state index contributed by atoms with van der Waals surface area (Å²) in [6.07, 6.45) is 3.94. The number of hydrogen-bond acceptors (Lipinski definition) is 4. The fourth-order valence-electron chi connectivity index (χ4n) is 3.28. The summed E-state index contributed by atoms with van der Waals surface area (Å²) < 4.78 is 5.60. The SMILES string of the molecule is CCC(=O)N1CCC(NC(=NC)NCCc2coc(-c3ccc(C)cc3)n2)C1.I. The lowest BCUT2D eigenvalue weighted by Gasteiger charge is -2.18. The first-order chi connectivity index (χ1) is 13.6. The van der Waals surface area contributed by atoms with Gasteiger partial charge in [-0.25, -0.2) is 4.98 Å². The van der Waals surface area contributed by atoms with Crippen molar-refractivity contribution >= 4 is 35.8 Å². The van der Waals surface area contributed by atoms with Crippen molar-refractivity contribution in [2.75, 3.05) is 26.7 Å². The van der Waals surface area contributed by atoms with E-state index in [1.54, 1.807) is 13.3 Å². The average Bonchev–Trinajstić information content (AvgIpc) is 3.37. The van der Waals surface area contributed by atoms with Gasteiger partial charge in [-0.15, -0.1) is 24.0 Å². The van der Waals surface area contributed by atoms with E-state index in [1.807, 2.05) is 24.0 Å². The van der Waals surface area contributed by atoms with Crippen molar-refractivity contribution < 1.29 is 9.21 Å². The minimum absolute atomic E-state index is 0. The molecule has 29 heavy (non-hydrogen) atoms. The third kappa shape index (κ3) is 6.45. The number of benzene rings is 1. The third-order valence-electron chi connectivity index (χ3n) is 4.93. The molecule has 0 spiro atoms. The number of rotatable bonds is 6. The van der Waals surface area contributed by atoms with Gasteiger partial charge < -0.3 is 20.0 Å². The topological polar surface area (TPSA) is 82.8 Å². The zero-order valence-corrected chi connectivity index (χ0v) is 19.6. The number of guanidine groups is 1. The first-order valence-electron chi connectivity index (χ1n) is 9.85. The van der Waals surface area contributed by atoms with Gasteiger partial charge in [0.2, 0.25) is 11.8 Å². The van der Waals surface area contributed by atoms with Gasteiger partial charge in [0.25, 0.3) is 0 Å². The Bertz CT molecular complexity index is 819. The molecule has 7 nitrogen and oxygen atoms in total. The molecule has 1 aliphatic heterocycles. The molecule has 1 fully saturated rings. The van der Waals surface area contributed by atoms with E-state index in [9.17, 15) is 4.79 Å². The van der Waals surface area contributed by atoms with Crippen molar-refractivity contribution in [3.8, 4) is 11.5 Å². The van der Waals surface area contributed by atoms with Gasteiger partial charge in [-0.05, 0) is 25.5 Å². The molecular formula is C21H30IN5O2. The molecule has 1 saturated heterocycles. The van der Waals surface area contributed by atoms with Gasteiger partial charge in [0.1, 0.15) is 6.26 Å². The number of nitrogens with one attached hydrogen (secondary N) is 2. The number of carbonyl (C=O) groups excluding carboxylic acids is 1. The predicted octanol–water partition coefficient (Wildman–Crippen LogP) is 2.99. The van der Waals surface area contributed by atoms with Crippen LogP contribution in [0.3, 0.4) is 0 Å². The smallest absolute Gasteiger partial charge is 0.226 e. The number of nitrogens with zero attached hydrogens (tertiary/aromatic N) is 3. The van der Waals surface area contributed by atoms with Crippen LogP contribution in [-0.2, 0) is 11.2 Å². The van der Waals surface area contributed by atoms with Gasteiger partial charge in [-0.1, -0.05) is 24.6 Å². The molecule has 2 N–H and O–H groups in total. The lowest BCUT2D eigenvalue weighted by atomic mass is 10.1. The molecule has 8 heteroatoms. The van der Waals surface area contributed by atoms with Crippen LogP contribution in [0.25, 0.3) is 11.5 Å². The molecule has 2 heterocycles. The summed E-state index contributed by atoms with van der Waals surface area (Å²) in [5.74, 6) is 1.60. The summed E-state index contributed by atoms with van der Waals surface area (Å²) in [5.41, 5.74) is 3.09. The molecule has 2 aromatic rings. The van der Waals surface area contributed by atoms with Gasteiger partial charge in [-0.3, -0.25) is 9.79 Å². The highest BCUT2D eigenvalue weighted by Crippen LogP contribution is 2.19. The van der Waals surface area contributed by atoms with Crippen molar-refractivity contribution in [2.45, 2.75) is 39.2 Å². The second-order valence-corrected chi connectivity index (χ2v) is 7.08. The largest absolute Gasteiger partial charge is 0.444 e. The van der Waals surface area contributed by atoms with Crippen molar-refractivity contribution in [1.82, 2.24) is 20.5 Å². The molecule has 0 aliphatic carbocycles. The molecule has 0 saturated carbocycles. The Hall–Kier alpha value is -2.10. The van der Waals surface area contributed by atoms with E-state index >= 15 is 0 Å². The molecule has 1 amide bonds. The standard InChI is InChI=1S/C21H29N5O2.HI/c1-4-19(27)26-12-10-17(13-26)25-21(22-3)23-11-9-18-14-28-20(24-18)16-7-5-15(2)6-8-16;/h5-8,14,17H,4,9-13H2,1-3H3,(H2,22,23,25);1H. The third-order valence-corrected chi connectivity index (χ3v) is 4.93. The maximum absolute atomic E-state index is 11.8. The summed E-state index contributed by atoms with van der Waals surface area (Å²) >= 11 is 0. The summed E-state index contributed by atoms with van der Waals surface area (Å²) in [4.78, 5) is 22.6. The zero-order chi connectivity index (χ0) is 19.9. The van der Waals surface area contributed by atoms with Crippen LogP contribution in [-0.4, -0.2) is 54.5 Å². The van der Waals surface area contributed by atoms with Crippen LogP contribution in [0.15, 0.2) is 39.9 Å². The summed E-state index contributed by atoms with van der Waals surface area (Å²) in [6, 6.07) is 8.37. The van der Waals surface area contributed by atoms with Gasteiger partial charge >= 0.3 is 0 Å². The Kier molecular flexibility index (Phi) is 8.94. The van der Waals surface area contributed by atoms with Crippen LogP contribution in [0, 0.1) is 6.92 Å². The van der Waals surface area contributed by atoms with Crippen molar-refractivity contribution in [3.63, 3.8) is 0 Å². The summed E-state index contributed by atoms with van der Waals surface area (Å²) in [6.45, 7) is 6.20. The Balaban J connectivity index is 0.00000300. The maximum atomic E-state index is 11.8. The summed E-state index contributed by atoms with van der Waals surface area (Å²) in [7, 11) is 1.75. The van der Waals surface area contributed by atoms with E-state index in [2.05, 4.69) is 39.7 Å². The molecular weight excluding hydrogens is 481 g/mol. The van der Waals surface area contributed by atoms with Crippen molar-refractivity contribution in [3.05, 3.63) is 41.8 Å². The predicted molar refractivity (Wildman–Crippen MR) is 126 cm³/mol. The monoisotopic (exact) mass is 511 g/mol. The van der Waals surface area contributed by atoms with Gasteiger partial charge in [0.15, 0.2) is 5.96 Å². The Labute approximate surface area is 189 Å². The van der Waals surface area contributed by atoms with Crippen molar-refractivity contribution in [2.24, 2.45) is 4.99 Å². The van der Waals surface area contributed by atoms with Crippen LogP contribution in [0.1, 0.15) is 31.0 Å². The van der Waals surface area contributed by atoms with E-state index in [1.165, 1.54) is 5.56 Å². The number of carbonyl (C=O) groups is 1. The molecule has 1 unspecified atom stereocenters. The van der Waals surface area contributed by atoms with E-state index in [0.717, 1.165) is 43.1 Å². The minimum atomic E-state index is 0. The van der Waals surface area contributed by atoms with Crippen LogP contribution in [0.2, 0.25) is 0 Å².